The molecule has 2 N–H and O–H groups in total. The van der Waals surface area contributed by atoms with Crippen molar-refractivity contribution >= 4 is 5.69 Å². The predicted octanol–water partition coefficient (Wildman–Crippen LogP) is 2.12. The monoisotopic (exact) mass is 246 g/mol. The summed E-state index contributed by atoms with van der Waals surface area (Å²) in [7, 11) is 0. The molecule has 0 amide bonds. The molecule has 1 fully saturated rings. The summed E-state index contributed by atoms with van der Waals surface area (Å²) in [4.78, 5) is 1.95. The second-order valence-corrected chi connectivity index (χ2v) is 4.04. The summed E-state index contributed by atoms with van der Waals surface area (Å²) in [5, 5.41) is 0. The molecule has 1 unspecified atom stereocenters. The highest BCUT2D eigenvalue weighted by atomic mass is 19.4. The molecule has 17 heavy (non-hydrogen) atoms. The number of hydrogen-bond acceptors (Lipinski definition) is 3. The third-order valence-electron chi connectivity index (χ3n) is 2.64. The SMILES string of the molecule is NC1CCN(c2cccc(OC(F)(F)F)c2)C1. The lowest BCUT2D eigenvalue weighted by Gasteiger charge is -2.19. The van der Waals surface area contributed by atoms with Crippen LogP contribution in [-0.4, -0.2) is 25.5 Å². The van der Waals surface area contributed by atoms with Gasteiger partial charge in [-0.05, 0) is 18.6 Å². The van der Waals surface area contributed by atoms with Gasteiger partial charge >= 0.3 is 6.36 Å². The largest absolute Gasteiger partial charge is 0.573 e. The Morgan fingerprint density at radius 3 is 2.71 bits per heavy atom. The minimum absolute atomic E-state index is 0.0854. The molecule has 3 nitrogen and oxygen atoms in total. The molecule has 0 spiro atoms. The number of alkyl halides is 3. The molecule has 0 aromatic heterocycles. The molecule has 0 bridgehead atoms. The first-order valence-corrected chi connectivity index (χ1v) is 5.30. The Morgan fingerprint density at radius 2 is 2.12 bits per heavy atom. The zero-order valence-corrected chi connectivity index (χ0v) is 9.07. The molecule has 2 rings (SSSR count). The summed E-state index contributed by atoms with van der Waals surface area (Å²) < 4.78 is 40.0. The Hall–Kier alpha value is -1.43. The zero-order valence-electron chi connectivity index (χ0n) is 9.07. The molecule has 1 heterocycles. The average molecular weight is 246 g/mol. The molecule has 1 aliphatic heterocycles. The van der Waals surface area contributed by atoms with Crippen molar-refractivity contribution in [2.24, 2.45) is 5.73 Å². The highest BCUT2D eigenvalue weighted by Crippen LogP contribution is 2.28. The summed E-state index contributed by atoms with van der Waals surface area (Å²) in [5.74, 6) is -0.199. The molecule has 1 aliphatic rings. The maximum absolute atomic E-state index is 12.1. The number of benzene rings is 1. The van der Waals surface area contributed by atoms with E-state index in [4.69, 9.17) is 5.73 Å². The van der Waals surface area contributed by atoms with Gasteiger partial charge < -0.3 is 15.4 Å². The fourth-order valence-electron chi connectivity index (χ4n) is 1.90. The highest BCUT2D eigenvalue weighted by molar-refractivity contribution is 5.51. The van der Waals surface area contributed by atoms with Gasteiger partial charge in [0.15, 0.2) is 0 Å². The second-order valence-electron chi connectivity index (χ2n) is 4.04. The normalized spacial score (nSPS) is 20.7. The van der Waals surface area contributed by atoms with Crippen LogP contribution in [0.3, 0.4) is 0 Å². The van der Waals surface area contributed by atoms with Gasteiger partial charge in [0.2, 0.25) is 0 Å². The van der Waals surface area contributed by atoms with Crippen LogP contribution in [0.2, 0.25) is 0 Å². The molecule has 94 valence electrons. The van der Waals surface area contributed by atoms with E-state index < -0.39 is 6.36 Å². The van der Waals surface area contributed by atoms with Crippen molar-refractivity contribution in [3.05, 3.63) is 24.3 Å². The fraction of sp³-hybridized carbons (Fsp3) is 0.455. The third-order valence-corrected chi connectivity index (χ3v) is 2.64. The first-order chi connectivity index (χ1) is 7.94. The number of ether oxygens (including phenoxy) is 1. The highest BCUT2D eigenvalue weighted by Gasteiger charge is 2.31. The number of hydrogen-bond donors (Lipinski definition) is 1. The minimum Gasteiger partial charge on any atom is -0.406 e. The Labute approximate surface area is 97.0 Å². The lowest BCUT2D eigenvalue weighted by atomic mass is 10.3. The quantitative estimate of drug-likeness (QED) is 0.868. The van der Waals surface area contributed by atoms with E-state index in [1.807, 2.05) is 4.90 Å². The maximum Gasteiger partial charge on any atom is 0.573 e. The zero-order chi connectivity index (χ0) is 12.5. The number of rotatable bonds is 2. The maximum atomic E-state index is 12.1. The summed E-state index contributed by atoms with van der Waals surface area (Å²) >= 11 is 0. The van der Waals surface area contributed by atoms with Gasteiger partial charge in [0.1, 0.15) is 5.75 Å². The number of anilines is 1. The van der Waals surface area contributed by atoms with Gasteiger partial charge in [0.05, 0.1) is 0 Å². The van der Waals surface area contributed by atoms with Crippen molar-refractivity contribution in [1.82, 2.24) is 0 Å². The topological polar surface area (TPSA) is 38.5 Å². The molecular formula is C11H13F3N2O. The first-order valence-electron chi connectivity index (χ1n) is 5.30. The predicted molar refractivity (Wildman–Crippen MR) is 57.9 cm³/mol. The molecular weight excluding hydrogens is 233 g/mol. The summed E-state index contributed by atoms with van der Waals surface area (Å²) in [5.41, 5.74) is 6.46. The molecule has 6 heteroatoms. The van der Waals surface area contributed by atoms with Crippen LogP contribution in [0, 0.1) is 0 Å². The summed E-state index contributed by atoms with van der Waals surface area (Å²) in [6.45, 7) is 1.42. The van der Waals surface area contributed by atoms with E-state index >= 15 is 0 Å². The Balaban J connectivity index is 2.11. The van der Waals surface area contributed by atoms with Crippen LogP contribution in [0.4, 0.5) is 18.9 Å². The van der Waals surface area contributed by atoms with Crippen molar-refractivity contribution in [3.63, 3.8) is 0 Å². The lowest BCUT2D eigenvalue weighted by molar-refractivity contribution is -0.274. The number of nitrogens with zero attached hydrogens (tertiary/aromatic N) is 1. The molecule has 0 saturated carbocycles. The van der Waals surface area contributed by atoms with Gasteiger partial charge in [-0.2, -0.15) is 0 Å². The summed E-state index contributed by atoms with van der Waals surface area (Å²) in [6, 6.07) is 6.04. The van der Waals surface area contributed by atoms with E-state index in [0.717, 1.165) is 13.0 Å². The van der Waals surface area contributed by atoms with Gasteiger partial charge in [0.25, 0.3) is 0 Å². The van der Waals surface area contributed by atoms with Crippen molar-refractivity contribution < 1.29 is 17.9 Å². The van der Waals surface area contributed by atoms with Crippen LogP contribution in [-0.2, 0) is 0 Å². The average Bonchev–Trinajstić information content (AvgIpc) is 2.63. The van der Waals surface area contributed by atoms with E-state index in [0.29, 0.717) is 12.2 Å². The van der Waals surface area contributed by atoms with Gasteiger partial charge in [-0.25, -0.2) is 0 Å². The Bertz CT molecular complexity index is 395. The molecule has 1 atom stereocenters. The summed E-state index contributed by atoms with van der Waals surface area (Å²) in [6.07, 6.45) is -3.80. The standard InChI is InChI=1S/C11H13F3N2O/c12-11(13,14)17-10-3-1-2-9(6-10)16-5-4-8(15)7-16/h1-3,6,8H,4-5,7,15H2. The smallest absolute Gasteiger partial charge is 0.406 e. The molecule has 0 aliphatic carbocycles. The van der Waals surface area contributed by atoms with Crippen LogP contribution in [0.5, 0.6) is 5.75 Å². The van der Waals surface area contributed by atoms with Crippen LogP contribution < -0.4 is 15.4 Å². The number of nitrogens with two attached hydrogens (primary N) is 1. The van der Waals surface area contributed by atoms with Crippen LogP contribution in [0.25, 0.3) is 0 Å². The van der Waals surface area contributed by atoms with Gasteiger partial charge in [-0.1, -0.05) is 6.07 Å². The second kappa shape index (κ2) is 4.44. The van der Waals surface area contributed by atoms with Crippen LogP contribution in [0.15, 0.2) is 24.3 Å². The molecule has 1 aromatic rings. The molecule has 0 radical (unpaired) electrons. The van der Waals surface area contributed by atoms with E-state index in [2.05, 4.69) is 4.74 Å². The van der Waals surface area contributed by atoms with Crippen molar-refractivity contribution in [1.29, 1.82) is 0 Å². The van der Waals surface area contributed by atoms with E-state index in [1.165, 1.54) is 12.1 Å². The fourth-order valence-corrected chi connectivity index (χ4v) is 1.90. The first kappa shape index (κ1) is 12.0. The number of halogens is 3. The van der Waals surface area contributed by atoms with Crippen molar-refractivity contribution in [2.75, 3.05) is 18.0 Å². The van der Waals surface area contributed by atoms with Gasteiger partial charge in [0, 0.05) is 30.9 Å². The van der Waals surface area contributed by atoms with Gasteiger partial charge in [-0.3, -0.25) is 0 Å². The van der Waals surface area contributed by atoms with Crippen LogP contribution >= 0.6 is 0 Å². The minimum atomic E-state index is -4.65. The lowest BCUT2D eigenvalue weighted by Crippen LogP contribution is -2.26. The van der Waals surface area contributed by atoms with E-state index in [1.54, 1.807) is 12.1 Å². The molecule has 1 saturated heterocycles. The van der Waals surface area contributed by atoms with E-state index in [9.17, 15) is 13.2 Å². The van der Waals surface area contributed by atoms with Gasteiger partial charge in [-0.15, -0.1) is 13.2 Å². The van der Waals surface area contributed by atoms with Crippen molar-refractivity contribution in [3.8, 4) is 5.75 Å². The van der Waals surface area contributed by atoms with Crippen LogP contribution in [0.1, 0.15) is 6.42 Å². The Kier molecular flexibility index (Phi) is 3.15. The molecule has 1 aromatic carbocycles. The third kappa shape index (κ3) is 3.26. The van der Waals surface area contributed by atoms with E-state index in [-0.39, 0.29) is 11.8 Å². The Morgan fingerprint density at radius 1 is 1.35 bits per heavy atom. The van der Waals surface area contributed by atoms with Crippen molar-refractivity contribution in [2.45, 2.75) is 18.8 Å².